The number of hydrogen-bond donors (Lipinski definition) is 1. The predicted molar refractivity (Wildman–Crippen MR) is 91.7 cm³/mol. The first-order valence-corrected chi connectivity index (χ1v) is 9.51. The van der Waals surface area contributed by atoms with Crippen molar-refractivity contribution in [3.63, 3.8) is 0 Å². The molecule has 2 aliphatic carbocycles. The lowest BCUT2D eigenvalue weighted by Crippen LogP contribution is -2.39. The molecule has 5 rings (SSSR count). The predicted octanol–water partition coefficient (Wildman–Crippen LogP) is 3.48. The molecular weight excluding hydrogens is 316 g/mol. The number of aromatic amines is 1. The van der Waals surface area contributed by atoms with E-state index in [0.29, 0.717) is 18.4 Å². The van der Waals surface area contributed by atoms with Crippen molar-refractivity contribution in [3.8, 4) is 0 Å². The summed E-state index contributed by atoms with van der Waals surface area (Å²) < 4.78 is 6.11. The van der Waals surface area contributed by atoms with Crippen LogP contribution in [0.4, 0.5) is 0 Å². The molecule has 1 atom stereocenters. The van der Waals surface area contributed by atoms with Gasteiger partial charge >= 0.3 is 0 Å². The Morgan fingerprint density at radius 3 is 2.68 bits per heavy atom. The summed E-state index contributed by atoms with van der Waals surface area (Å²) in [5, 5.41) is 7.22. The van der Waals surface area contributed by atoms with Crippen LogP contribution in [0.25, 0.3) is 0 Å². The first-order chi connectivity index (χ1) is 12.2. The van der Waals surface area contributed by atoms with E-state index in [2.05, 4.69) is 15.2 Å². The summed E-state index contributed by atoms with van der Waals surface area (Å²) >= 11 is 0. The molecule has 1 saturated heterocycles. The average Bonchev–Trinajstić information content (AvgIpc) is 3.57. The molecule has 3 fully saturated rings. The summed E-state index contributed by atoms with van der Waals surface area (Å²) in [6.07, 6.45) is 6.72. The van der Waals surface area contributed by atoms with Crippen molar-refractivity contribution in [2.75, 3.05) is 13.1 Å². The van der Waals surface area contributed by atoms with Gasteiger partial charge in [-0.05, 0) is 51.5 Å². The van der Waals surface area contributed by atoms with Gasteiger partial charge in [-0.25, -0.2) is 4.98 Å². The highest BCUT2D eigenvalue weighted by molar-refractivity contribution is 5.95. The van der Waals surface area contributed by atoms with Crippen LogP contribution in [0.3, 0.4) is 0 Å². The summed E-state index contributed by atoms with van der Waals surface area (Å²) in [6, 6.07) is 2.04. The highest BCUT2D eigenvalue weighted by Crippen LogP contribution is 2.48. The monoisotopic (exact) mass is 340 g/mol. The molecular formula is C19H24N4O2. The van der Waals surface area contributed by atoms with Crippen molar-refractivity contribution in [2.45, 2.75) is 63.2 Å². The van der Waals surface area contributed by atoms with Crippen LogP contribution in [0.2, 0.25) is 0 Å². The maximum atomic E-state index is 13.2. The van der Waals surface area contributed by atoms with Crippen LogP contribution in [-0.4, -0.2) is 39.1 Å². The number of likely N-dealkylation sites (tertiary alicyclic amines) is 1. The summed E-state index contributed by atoms with van der Waals surface area (Å²) in [7, 11) is 0. The Labute approximate surface area is 147 Å². The van der Waals surface area contributed by atoms with Gasteiger partial charge in [0.2, 0.25) is 0 Å². The number of nitrogens with one attached hydrogen (secondary N) is 1. The zero-order valence-corrected chi connectivity index (χ0v) is 14.6. The van der Waals surface area contributed by atoms with E-state index in [-0.39, 0.29) is 11.8 Å². The fourth-order valence-electron chi connectivity index (χ4n) is 3.90. The number of amides is 1. The molecule has 2 saturated carbocycles. The molecule has 0 bridgehead atoms. The molecule has 3 heterocycles. The Hall–Kier alpha value is -2.11. The number of rotatable bonds is 4. The van der Waals surface area contributed by atoms with E-state index in [1.807, 2.05) is 17.9 Å². The van der Waals surface area contributed by atoms with E-state index >= 15 is 0 Å². The minimum atomic E-state index is 0.134. The van der Waals surface area contributed by atoms with Crippen molar-refractivity contribution in [3.05, 3.63) is 34.8 Å². The molecule has 1 aliphatic heterocycles. The molecule has 132 valence electrons. The van der Waals surface area contributed by atoms with Gasteiger partial charge in [-0.15, -0.1) is 0 Å². The standard InChI is InChI=1S/C19H24N4O2/c1-11-20-18(22-21-11)14-3-2-8-23(10-14)19(24)15-9-16(12-4-5-12)25-17(15)13-6-7-13/h9,12-14H,2-8,10H2,1H3,(H,20,21,22). The zero-order valence-electron chi connectivity index (χ0n) is 14.6. The number of piperidine rings is 1. The van der Waals surface area contributed by atoms with Crippen LogP contribution in [0.15, 0.2) is 10.5 Å². The van der Waals surface area contributed by atoms with Gasteiger partial charge in [0.25, 0.3) is 5.91 Å². The van der Waals surface area contributed by atoms with E-state index in [0.717, 1.165) is 61.0 Å². The minimum Gasteiger partial charge on any atom is -0.465 e. The number of H-pyrrole nitrogens is 1. The van der Waals surface area contributed by atoms with Crippen molar-refractivity contribution >= 4 is 5.91 Å². The smallest absolute Gasteiger partial charge is 0.257 e. The van der Waals surface area contributed by atoms with Crippen LogP contribution in [0.1, 0.15) is 89.8 Å². The Kier molecular flexibility index (Phi) is 3.47. The van der Waals surface area contributed by atoms with Crippen molar-refractivity contribution in [1.82, 2.24) is 20.1 Å². The molecule has 1 N–H and O–H groups in total. The topological polar surface area (TPSA) is 75.0 Å². The third-order valence-electron chi connectivity index (χ3n) is 5.63. The van der Waals surface area contributed by atoms with Gasteiger partial charge in [0.15, 0.2) is 5.82 Å². The summed E-state index contributed by atoms with van der Waals surface area (Å²) in [6.45, 7) is 3.42. The molecule has 0 aromatic carbocycles. The SMILES string of the molecule is Cc1nc(C2CCCN(C(=O)c3cc(C4CC4)oc3C3CC3)C2)n[nH]1. The van der Waals surface area contributed by atoms with E-state index < -0.39 is 0 Å². The molecule has 2 aromatic heterocycles. The van der Waals surface area contributed by atoms with Gasteiger partial charge in [0, 0.05) is 30.8 Å². The second-order valence-electron chi connectivity index (χ2n) is 7.84. The third-order valence-corrected chi connectivity index (χ3v) is 5.63. The van der Waals surface area contributed by atoms with Crippen molar-refractivity contribution < 1.29 is 9.21 Å². The van der Waals surface area contributed by atoms with Gasteiger partial charge < -0.3 is 9.32 Å². The third kappa shape index (κ3) is 2.87. The highest BCUT2D eigenvalue weighted by Gasteiger charge is 2.38. The Morgan fingerprint density at radius 1 is 1.20 bits per heavy atom. The maximum absolute atomic E-state index is 13.2. The second-order valence-corrected chi connectivity index (χ2v) is 7.84. The van der Waals surface area contributed by atoms with Gasteiger partial charge in [-0.1, -0.05) is 0 Å². The first kappa shape index (κ1) is 15.2. The van der Waals surface area contributed by atoms with Crippen LogP contribution in [0, 0.1) is 6.92 Å². The fourth-order valence-corrected chi connectivity index (χ4v) is 3.90. The number of aromatic nitrogens is 3. The quantitative estimate of drug-likeness (QED) is 0.924. The Morgan fingerprint density at radius 2 is 2.00 bits per heavy atom. The molecule has 1 amide bonds. The van der Waals surface area contributed by atoms with Crippen molar-refractivity contribution in [1.29, 1.82) is 0 Å². The molecule has 6 heteroatoms. The fraction of sp³-hybridized carbons (Fsp3) is 0.632. The molecule has 0 spiro atoms. The lowest BCUT2D eigenvalue weighted by atomic mass is 9.96. The van der Waals surface area contributed by atoms with Crippen molar-refractivity contribution in [2.24, 2.45) is 0 Å². The van der Waals surface area contributed by atoms with Gasteiger partial charge in [-0.2, -0.15) is 5.10 Å². The Balaban J connectivity index is 1.38. The number of carbonyl (C=O) groups is 1. The largest absolute Gasteiger partial charge is 0.465 e. The number of furan rings is 1. The van der Waals surface area contributed by atoms with Crippen LogP contribution in [-0.2, 0) is 0 Å². The summed E-state index contributed by atoms with van der Waals surface area (Å²) in [5.74, 6) is 5.01. The highest BCUT2D eigenvalue weighted by atomic mass is 16.3. The molecule has 6 nitrogen and oxygen atoms in total. The molecule has 0 radical (unpaired) electrons. The molecule has 1 unspecified atom stereocenters. The maximum Gasteiger partial charge on any atom is 0.257 e. The van der Waals surface area contributed by atoms with Crippen LogP contribution < -0.4 is 0 Å². The summed E-state index contributed by atoms with van der Waals surface area (Å²) in [4.78, 5) is 19.7. The number of aryl methyl sites for hydroxylation is 1. The normalized spacial score (nSPS) is 23.9. The zero-order chi connectivity index (χ0) is 17.0. The van der Waals surface area contributed by atoms with Crippen LogP contribution in [0.5, 0.6) is 0 Å². The lowest BCUT2D eigenvalue weighted by Gasteiger charge is -2.31. The van der Waals surface area contributed by atoms with E-state index in [4.69, 9.17) is 4.42 Å². The molecule has 2 aromatic rings. The first-order valence-electron chi connectivity index (χ1n) is 9.51. The molecule has 3 aliphatic rings. The van der Waals surface area contributed by atoms with E-state index in [9.17, 15) is 4.79 Å². The number of hydrogen-bond acceptors (Lipinski definition) is 4. The van der Waals surface area contributed by atoms with Crippen LogP contribution >= 0.6 is 0 Å². The second kappa shape index (κ2) is 5.71. The van der Waals surface area contributed by atoms with Gasteiger partial charge in [0.05, 0.1) is 5.56 Å². The minimum absolute atomic E-state index is 0.134. The lowest BCUT2D eigenvalue weighted by molar-refractivity contribution is 0.0702. The van der Waals surface area contributed by atoms with Gasteiger partial charge in [0.1, 0.15) is 17.3 Å². The summed E-state index contributed by atoms with van der Waals surface area (Å²) in [5.41, 5.74) is 0.816. The Bertz CT molecular complexity index is 800. The number of nitrogens with zero attached hydrogens (tertiary/aromatic N) is 3. The van der Waals surface area contributed by atoms with Gasteiger partial charge in [-0.3, -0.25) is 9.89 Å². The van der Waals surface area contributed by atoms with E-state index in [1.165, 1.54) is 12.8 Å². The van der Waals surface area contributed by atoms with E-state index in [1.54, 1.807) is 0 Å². The molecule has 25 heavy (non-hydrogen) atoms. The number of carbonyl (C=O) groups excluding carboxylic acids is 1. The average molecular weight is 340 g/mol.